The topological polar surface area (TPSA) is 60.7 Å². The first-order chi connectivity index (χ1) is 12.6. The van der Waals surface area contributed by atoms with E-state index in [1.165, 1.54) is 29.9 Å². The molecule has 0 aliphatic carbocycles. The second kappa shape index (κ2) is 7.33. The zero-order chi connectivity index (χ0) is 18.7. The second-order valence-electron chi connectivity index (χ2n) is 5.22. The molecule has 0 bridgehead atoms. The van der Waals surface area contributed by atoms with Crippen molar-refractivity contribution in [1.29, 1.82) is 0 Å². The molecule has 0 fully saturated rings. The summed E-state index contributed by atoms with van der Waals surface area (Å²) in [7, 11) is 1.23. The number of halogens is 1. The summed E-state index contributed by atoms with van der Waals surface area (Å²) in [5.41, 5.74) is 0.507. The molecule has 3 aromatic rings. The third-order valence-corrected chi connectivity index (χ3v) is 4.70. The maximum Gasteiger partial charge on any atom is 0.338 e. The van der Waals surface area contributed by atoms with Gasteiger partial charge in [-0.3, -0.25) is 4.79 Å². The Kier molecular flexibility index (Phi) is 4.96. The van der Waals surface area contributed by atoms with Gasteiger partial charge in [-0.2, -0.15) is 4.99 Å². The van der Waals surface area contributed by atoms with Crippen LogP contribution in [-0.2, 0) is 11.3 Å². The van der Waals surface area contributed by atoms with E-state index in [4.69, 9.17) is 11.2 Å². The van der Waals surface area contributed by atoms with E-state index >= 15 is 0 Å². The molecule has 0 saturated carbocycles. The largest absolute Gasteiger partial charge is 0.465 e. The van der Waals surface area contributed by atoms with Crippen molar-refractivity contribution in [2.24, 2.45) is 4.99 Å². The van der Waals surface area contributed by atoms with Crippen LogP contribution in [0.5, 0.6) is 0 Å². The van der Waals surface area contributed by atoms with Gasteiger partial charge in [-0.15, -0.1) is 6.42 Å². The summed E-state index contributed by atoms with van der Waals surface area (Å²) >= 11 is 1.14. The van der Waals surface area contributed by atoms with Gasteiger partial charge in [0.1, 0.15) is 5.82 Å². The fraction of sp³-hybridized carbons (Fsp3) is 0.105. The fourth-order valence-corrected chi connectivity index (χ4v) is 3.56. The molecule has 1 aromatic heterocycles. The highest BCUT2D eigenvalue weighted by atomic mass is 32.1. The predicted molar refractivity (Wildman–Crippen MR) is 96.3 cm³/mol. The molecule has 7 heteroatoms. The van der Waals surface area contributed by atoms with Gasteiger partial charge >= 0.3 is 5.97 Å². The SMILES string of the molecule is C#CCn1c(=NC(=O)c2ccccc2C(=O)OC)sc2cccc(F)c21. The number of aromatic nitrogens is 1. The Labute approximate surface area is 152 Å². The Bertz CT molecular complexity index is 1120. The monoisotopic (exact) mass is 368 g/mol. The summed E-state index contributed by atoms with van der Waals surface area (Å²) in [6, 6.07) is 10.8. The van der Waals surface area contributed by atoms with Crippen LogP contribution in [0, 0.1) is 18.2 Å². The molecule has 1 amide bonds. The lowest BCUT2D eigenvalue weighted by Crippen LogP contribution is -2.18. The number of esters is 1. The van der Waals surface area contributed by atoms with E-state index in [1.807, 2.05) is 0 Å². The molecule has 5 nitrogen and oxygen atoms in total. The second-order valence-corrected chi connectivity index (χ2v) is 6.22. The number of benzene rings is 2. The minimum absolute atomic E-state index is 0.0612. The number of para-hydroxylation sites is 1. The van der Waals surface area contributed by atoms with Crippen molar-refractivity contribution >= 4 is 33.4 Å². The van der Waals surface area contributed by atoms with Crippen molar-refractivity contribution in [2.75, 3.05) is 7.11 Å². The highest BCUT2D eigenvalue weighted by Crippen LogP contribution is 2.20. The Hall–Kier alpha value is -3.24. The number of amides is 1. The molecule has 0 radical (unpaired) electrons. The van der Waals surface area contributed by atoms with Crippen LogP contribution in [0.2, 0.25) is 0 Å². The molecule has 0 unspecified atom stereocenters. The van der Waals surface area contributed by atoms with Crippen molar-refractivity contribution in [3.05, 3.63) is 64.2 Å². The number of fused-ring (bicyclic) bond motifs is 1. The van der Waals surface area contributed by atoms with Crippen LogP contribution in [0.3, 0.4) is 0 Å². The first-order valence-electron chi connectivity index (χ1n) is 7.54. The van der Waals surface area contributed by atoms with E-state index in [-0.39, 0.29) is 22.5 Å². The Morgan fingerprint density at radius 2 is 1.96 bits per heavy atom. The van der Waals surface area contributed by atoms with Crippen molar-refractivity contribution in [3.63, 3.8) is 0 Å². The third kappa shape index (κ3) is 3.15. The van der Waals surface area contributed by atoms with Crippen molar-refractivity contribution in [2.45, 2.75) is 6.54 Å². The molecule has 0 N–H and O–H groups in total. The molecule has 0 spiro atoms. The van der Waals surface area contributed by atoms with Crippen LogP contribution >= 0.6 is 11.3 Å². The van der Waals surface area contributed by atoms with Gasteiger partial charge in [-0.05, 0) is 24.3 Å². The minimum Gasteiger partial charge on any atom is -0.465 e. The van der Waals surface area contributed by atoms with Crippen molar-refractivity contribution in [3.8, 4) is 12.3 Å². The van der Waals surface area contributed by atoms with Gasteiger partial charge in [-0.25, -0.2) is 9.18 Å². The van der Waals surface area contributed by atoms with Gasteiger partial charge in [0, 0.05) is 0 Å². The first-order valence-corrected chi connectivity index (χ1v) is 8.36. The molecule has 0 saturated heterocycles. The molecule has 1 heterocycles. The van der Waals surface area contributed by atoms with Crippen molar-refractivity contribution in [1.82, 2.24) is 4.57 Å². The molecular weight excluding hydrogens is 355 g/mol. The number of hydrogen-bond donors (Lipinski definition) is 0. The number of ether oxygens (including phenoxy) is 1. The highest BCUT2D eigenvalue weighted by molar-refractivity contribution is 7.16. The van der Waals surface area contributed by atoms with Gasteiger partial charge in [0.05, 0.1) is 35.0 Å². The van der Waals surface area contributed by atoms with Gasteiger partial charge in [0.25, 0.3) is 5.91 Å². The lowest BCUT2D eigenvalue weighted by Gasteiger charge is -2.04. The van der Waals surface area contributed by atoms with Crippen LogP contribution in [0.25, 0.3) is 10.2 Å². The summed E-state index contributed by atoms with van der Waals surface area (Å²) in [5, 5.41) is 0. The van der Waals surface area contributed by atoms with Crippen LogP contribution < -0.4 is 4.80 Å². The van der Waals surface area contributed by atoms with Gasteiger partial charge in [0.2, 0.25) is 0 Å². The van der Waals surface area contributed by atoms with Crippen molar-refractivity contribution < 1.29 is 18.7 Å². The van der Waals surface area contributed by atoms with Crippen LogP contribution in [0.15, 0.2) is 47.5 Å². The predicted octanol–water partition coefficient (Wildman–Crippen LogP) is 3.00. The van der Waals surface area contributed by atoms with E-state index < -0.39 is 17.7 Å². The zero-order valence-corrected chi connectivity index (χ0v) is 14.5. The molecule has 3 rings (SSSR count). The molecular formula is C19H13FN2O3S. The lowest BCUT2D eigenvalue weighted by atomic mass is 10.1. The Balaban J connectivity index is 2.19. The van der Waals surface area contributed by atoms with E-state index in [9.17, 15) is 14.0 Å². The summed E-state index contributed by atoms with van der Waals surface area (Å²) in [6.07, 6.45) is 5.38. The summed E-state index contributed by atoms with van der Waals surface area (Å²) in [4.78, 5) is 28.8. The van der Waals surface area contributed by atoms with Crippen LogP contribution in [-0.4, -0.2) is 23.6 Å². The number of terminal acetylenes is 1. The average Bonchev–Trinajstić information content (AvgIpc) is 3.00. The average molecular weight is 368 g/mol. The lowest BCUT2D eigenvalue weighted by molar-refractivity contribution is 0.0597. The van der Waals surface area contributed by atoms with E-state index in [1.54, 1.807) is 24.3 Å². The highest BCUT2D eigenvalue weighted by Gasteiger charge is 2.17. The third-order valence-electron chi connectivity index (χ3n) is 3.66. The normalized spacial score (nSPS) is 11.3. The Morgan fingerprint density at radius 3 is 2.65 bits per heavy atom. The fourth-order valence-electron chi connectivity index (χ4n) is 2.51. The molecule has 0 aliphatic heterocycles. The molecule has 2 aromatic carbocycles. The van der Waals surface area contributed by atoms with Crippen LogP contribution in [0.4, 0.5) is 4.39 Å². The van der Waals surface area contributed by atoms with Gasteiger partial charge in [0.15, 0.2) is 4.80 Å². The number of methoxy groups -OCH3 is 1. The number of carbonyl (C=O) groups is 2. The van der Waals surface area contributed by atoms with E-state index in [0.717, 1.165) is 11.3 Å². The summed E-state index contributed by atoms with van der Waals surface area (Å²) < 4.78 is 21.0. The Morgan fingerprint density at radius 1 is 1.23 bits per heavy atom. The number of hydrogen-bond acceptors (Lipinski definition) is 4. The molecule has 26 heavy (non-hydrogen) atoms. The van der Waals surface area contributed by atoms with Gasteiger partial charge in [-0.1, -0.05) is 35.5 Å². The quantitative estimate of drug-likeness (QED) is 0.527. The number of nitrogens with zero attached hydrogens (tertiary/aromatic N) is 2. The molecule has 0 atom stereocenters. The molecule has 0 aliphatic rings. The van der Waals surface area contributed by atoms with E-state index in [2.05, 4.69) is 10.9 Å². The smallest absolute Gasteiger partial charge is 0.338 e. The minimum atomic E-state index is -0.636. The first kappa shape index (κ1) is 17.6. The number of rotatable bonds is 3. The van der Waals surface area contributed by atoms with Gasteiger partial charge < -0.3 is 9.30 Å². The van der Waals surface area contributed by atoms with Crippen LogP contribution in [0.1, 0.15) is 20.7 Å². The maximum absolute atomic E-state index is 14.2. The summed E-state index contributed by atoms with van der Waals surface area (Å²) in [5.74, 6) is 0.721. The number of thiazole rings is 1. The maximum atomic E-state index is 14.2. The number of carbonyl (C=O) groups excluding carboxylic acids is 2. The molecule has 130 valence electrons. The summed E-state index contributed by atoms with van der Waals surface area (Å²) in [6.45, 7) is 0.0612. The standard InChI is InChI=1S/C19H13FN2O3S/c1-3-11-22-16-14(20)9-6-10-15(16)26-19(22)21-17(23)12-7-4-5-8-13(12)18(24)25-2/h1,4-10H,11H2,2H3. The van der Waals surface area contributed by atoms with E-state index in [0.29, 0.717) is 10.2 Å². The zero-order valence-electron chi connectivity index (χ0n) is 13.7.